The maximum absolute atomic E-state index is 10.7. The number of carboxylic acid groups (broad SMARTS) is 1. The van der Waals surface area contributed by atoms with Gasteiger partial charge in [-0.15, -0.1) is 10.2 Å². The van der Waals surface area contributed by atoms with Gasteiger partial charge in [-0.1, -0.05) is 13.8 Å². The number of aliphatic carboxylic acids is 1. The van der Waals surface area contributed by atoms with E-state index in [9.17, 15) is 4.79 Å². The van der Waals surface area contributed by atoms with Gasteiger partial charge < -0.3 is 9.67 Å². The lowest BCUT2D eigenvalue weighted by Crippen LogP contribution is -2.21. The Kier molecular flexibility index (Phi) is 3.44. The molecule has 1 aromatic heterocycles. The Hall–Kier alpha value is -1.39. The Bertz CT molecular complexity index is 344. The first kappa shape index (κ1) is 11.7. The molecule has 0 aliphatic heterocycles. The van der Waals surface area contributed by atoms with Crippen molar-refractivity contribution in [3.05, 3.63) is 12.2 Å². The molecule has 0 unspecified atom stereocenters. The van der Waals surface area contributed by atoms with Gasteiger partial charge in [0.2, 0.25) is 0 Å². The summed E-state index contributed by atoms with van der Waals surface area (Å²) in [5.74, 6) is 0.0753. The fourth-order valence-electron chi connectivity index (χ4n) is 1.58. The van der Waals surface area contributed by atoms with Crippen molar-refractivity contribution in [2.24, 2.45) is 5.41 Å². The van der Waals surface area contributed by atoms with Gasteiger partial charge >= 0.3 is 5.97 Å². The zero-order valence-electron chi connectivity index (χ0n) is 9.40. The van der Waals surface area contributed by atoms with Gasteiger partial charge in [-0.3, -0.25) is 4.79 Å². The summed E-state index contributed by atoms with van der Waals surface area (Å²) in [5.41, 5.74) is -0.286. The molecule has 0 amide bonds. The molecule has 5 nitrogen and oxygen atoms in total. The van der Waals surface area contributed by atoms with E-state index in [-0.39, 0.29) is 11.8 Å². The highest BCUT2D eigenvalue weighted by Gasteiger charge is 2.24. The van der Waals surface area contributed by atoms with E-state index in [4.69, 9.17) is 5.11 Å². The number of rotatable bonds is 5. The molecule has 84 valence electrons. The average Bonchev–Trinajstić information content (AvgIpc) is 2.48. The Morgan fingerprint density at radius 2 is 2.27 bits per heavy atom. The summed E-state index contributed by atoms with van der Waals surface area (Å²) in [6.45, 7) is 6.67. The van der Waals surface area contributed by atoms with Crippen LogP contribution in [0.25, 0.3) is 0 Å². The largest absolute Gasteiger partial charge is 0.481 e. The quantitative estimate of drug-likeness (QED) is 0.798. The predicted octanol–water partition coefficient (Wildman–Crippen LogP) is 1.34. The molecule has 0 aromatic carbocycles. The molecule has 0 aliphatic rings. The van der Waals surface area contributed by atoms with Crippen LogP contribution < -0.4 is 0 Å². The molecule has 1 heterocycles. The van der Waals surface area contributed by atoms with Crippen molar-refractivity contribution in [3.8, 4) is 0 Å². The number of hydrogen-bond donors (Lipinski definition) is 1. The van der Waals surface area contributed by atoms with Gasteiger partial charge in [-0.05, 0) is 12.3 Å². The van der Waals surface area contributed by atoms with E-state index < -0.39 is 5.97 Å². The van der Waals surface area contributed by atoms with E-state index in [1.165, 1.54) is 0 Å². The standard InChI is InChI=1S/C10H17N3O2/c1-4-13-7-11-12-8(13)5-10(2,3)6-9(14)15/h7H,4-6H2,1-3H3,(H,14,15). The van der Waals surface area contributed by atoms with Gasteiger partial charge in [-0.25, -0.2) is 0 Å². The van der Waals surface area contributed by atoms with Gasteiger partial charge in [0.05, 0.1) is 6.42 Å². The summed E-state index contributed by atoms with van der Waals surface area (Å²) in [4.78, 5) is 10.7. The van der Waals surface area contributed by atoms with Gasteiger partial charge in [0.25, 0.3) is 0 Å². The SMILES string of the molecule is CCn1cnnc1CC(C)(C)CC(=O)O. The van der Waals surface area contributed by atoms with Crippen LogP contribution in [0.2, 0.25) is 0 Å². The van der Waals surface area contributed by atoms with Crippen LogP contribution in [-0.2, 0) is 17.8 Å². The van der Waals surface area contributed by atoms with Crippen molar-refractivity contribution < 1.29 is 9.90 Å². The normalized spacial score (nSPS) is 11.7. The van der Waals surface area contributed by atoms with E-state index in [1.54, 1.807) is 6.33 Å². The number of carbonyl (C=O) groups is 1. The highest BCUT2D eigenvalue weighted by atomic mass is 16.4. The molecule has 1 aromatic rings. The van der Waals surface area contributed by atoms with E-state index in [0.717, 1.165) is 12.4 Å². The number of aromatic nitrogens is 3. The monoisotopic (exact) mass is 211 g/mol. The van der Waals surface area contributed by atoms with Crippen molar-refractivity contribution in [2.75, 3.05) is 0 Å². The van der Waals surface area contributed by atoms with Gasteiger partial charge in [-0.2, -0.15) is 0 Å². The third kappa shape index (κ3) is 3.34. The molecule has 0 saturated heterocycles. The first-order valence-electron chi connectivity index (χ1n) is 5.03. The van der Waals surface area contributed by atoms with Gasteiger partial charge in [0, 0.05) is 13.0 Å². The summed E-state index contributed by atoms with van der Waals surface area (Å²) in [6, 6.07) is 0. The van der Waals surface area contributed by atoms with E-state index in [2.05, 4.69) is 10.2 Å². The molecule has 1 N–H and O–H groups in total. The first-order valence-corrected chi connectivity index (χ1v) is 5.03. The fraction of sp³-hybridized carbons (Fsp3) is 0.700. The number of aryl methyl sites for hydroxylation is 1. The van der Waals surface area contributed by atoms with E-state index in [0.29, 0.717) is 6.42 Å². The van der Waals surface area contributed by atoms with Crippen LogP contribution in [0.5, 0.6) is 0 Å². The molecule has 0 bridgehead atoms. The van der Waals surface area contributed by atoms with E-state index in [1.807, 2.05) is 25.3 Å². The van der Waals surface area contributed by atoms with Crippen LogP contribution in [0.15, 0.2) is 6.33 Å². The smallest absolute Gasteiger partial charge is 0.303 e. The van der Waals surface area contributed by atoms with Gasteiger partial charge in [0.1, 0.15) is 12.2 Å². The summed E-state index contributed by atoms with van der Waals surface area (Å²) >= 11 is 0. The molecule has 0 radical (unpaired) electrons. The third-order valence-electron chi connectivity index (χ3n) is 2.30. The molecule has 0 atom stereocenters. The topological polar surface area (TPSA) is 68.0 Å². The molecule has 5 heteroatoms. The minimum absolute atomic E-state index is 0.142. The molecular formula is C10H17N3O2. The lowest BCUT2D eigenvalue weighted by Gasteiger charge is -2.21. The van der Waals surface area contributed by atoms with Crippen LogP contribution >= 0.6 is 0 Å². The molecule has 15 heavy (non-hydrogen) atoms. The van der Waals surface area contributed by atoms with Crippen molar-refractivity contribution in [1.82, 2.24) is 14.8 Å². The van der Waals surface area contributed by atoms with Crippen LogP contribution in [0, 0.1) is 5.41 Å². The van der Waals surface area contributed by atoms with Crippen LogP contribution in [0.1, 0.15) is 33.0 Å². The third-order valence-corrected chi connectivity index (χ3v) is 2.30. The molecular weight excluding hydrogens is 194 g/mol. The number of hydrogen-bond acceptors (Lipinski definition) is 3. The Morgan fingerprint density at radius 1 is 1.60 bits per heavy atom. The number of nitrogens with zero attached hydrogens (tertiary/aromatic N) is 3. The Balaban J connectivity index is 2.72. The molecule has 0 saturated carbocycles. The van der Waals surface area contributed by atoms with Crippen molar-refractivity contribution in [1.29, 1.82) is 0 Å². The van der Waals surface area contributed by atoms with Crippen molar-refractivity contribution in [3.63, 3.8) is 0 Å². The second-order valence-corrected chi connectivity index (χ2v) is 4.44. The van der Waals surface area contributed by atoms with Crippen LogP contribution in [0.3, 0.4) is 0 Å². The molecule has 1 rings (SSSR count). The van der Waals surface area contributed by atoms with Crippen molar-refractivity contribution >= 4 is 5.97 Å². The minimum atomic E-state index is -0.775. The predicted molar refractivity (Wildman–Crippen MR) is 55.4 cm³/mol. The second-order valence-electron chi connectivity index (χ2n) is 4.44. The summed E-state index contributed by atoms with van der Waals surface area (Å²) in [5, 5.41) is 16.6. The molecule has 0 fully saturated rings. The zero-order valence-corrected chi connectivity index (χ0v) is 9.40. The number of carboxylic acids is 1. The lowest BCUT2D eigenvalue weighted by atomic mass is 9.85. The summed E-state index contributed by atoms with van der Waals surface area (Å²) in [6.07, 6.45) is 2.45. The highest BCUT2D eigenvalue weighted by Crippen LogP contribution is 2.24. The molecule has 0 aliphatic carbocycles. The van der Waals surface area contributed by atoms with Crippen LogP contribution in [0.4, 0.5) is 0 Å². The van der Waals surface area contributed by atoms with E-state index >= 15 is 0 Å². The van der Waals surface area contributed by atoms with Crippen LogP contribution in [-0.4, -0.2) is 25.8 Å². The Morgan fingerprint density at radius 3 is 2.80 bits per heavy atom. The molecule has 0 spiro atoms. The maximum Gasteiger partial charge on any atom is 0.303 e. The summed E-state index contributed by atoms with van der Waals surface area (Å²) < 4.78 is 1.93. The average molecular weight is 211 g/mol. The summed E-state index contributed by atoms with van der Waals surface area (Å²) in [7, 11) is 0. The zero-order chi connectivity index (χ0) is 11.5. The lowest BCUT2D eigenvalue weighted by molar-refractivity contribution is -0.139. The second kappa shape index (κ2) is 4.42. The maximum atomic E-state index is 10.7. The highest BCUT2D eigenvalue weighted by molar-refractivity contribution is 5.67. The minimum Gasteiger partial charge on any atom is -0.481 e. The Labute approximate surface area is 89.1 Å². The first-order chi connectivity index (χ1) is 6.94. The van der Waals surface area contributed by atoms with Crippen molar-refractivity contribution in [2.45, 2.75) is 40.2 Å². The van der Waals surface area contributed by atoms with Gasteiger partial charge in [0.15, 0.2) is 0 Å². The fourth-order valence-corrected chi connectivity index (χ4v) is 1.58.